The normalized spacial score (nSPS) is 13.5. The van der Waals surface area contributed by atoms with E-state index < -0.39 is 0 Å². The molecule has 0 bridgehead atoms. The van der Waals surface area contributed by atoms with Crippen molar-refractivity contribution in [3.05, 3.63) is 102 Å². The van der Waals surface area contributed by atoms with Crippen molar-refractivity contribution < 1.29 is 14.3 Å². The van der Waals surface area contributed by atoms with Gasteiger partial charge in [-0.3, -0.25) is 9.59 Å². The monoisotopic (exact) mass is 493 g/mol. The number of hydrogen-bond acceptors (Lipinski definition) is 4. The number of fused-ring (bicyclic) bond motifs is 1. The predicted octanol–water partition coefficient (Wildman–Crippen LogP) is 5.63. The quantitative estimate of drug-likeness (QED) is 0.378. The molecule has 1 fully saturated rings. The van der Waals surface area contributed by atoms with Gasteiger partial charge in [-0.1, -0.05) is 43.3 Å². The number of methoxy groups -OCH3 is 1. The second-order valence-electron chi connectivity index (χ2n) is 9.23. The molecule has 188 valence electrons. The van der Waals surface area contributed by atoms with Gasteiger partial charge in [0.1, 0.15) is 5.75 Å². The third kappa shape index (κ3) is 5.28. The molecule has 2 amide bonds. The summed E-state index contributed by atoms with van der Waals surface area (Å²) in [7, 11) is 1.57. The largest absolute Gasteiger partial charge is 0.496 e. The van der Waals surface area contributed by atoms with E-state index in [0.717, 1.165) is 41.5 Å². The Bertz CT molecular complexity index is 1410. The predicted molar refractivity (Wildman–Crippen MR) is 149 cm³/mol. The number of rotatable bonds is 6. The Morgan fingerprint density at radius 3 is 2.11 bits per heavy atom. The summed E-state index contributed by atoms with van der Waals surface area (Å²) in [5.41, 5.74) is 4.26. The SMILES string of the molecule is CCc1ccc(C(=O)N2CCN(c3ccc(NC(=O)c4cc5ccccc5cc4OC)cc3)CC2)cc1. The number of nitrogens with zero attached hydrogens (tertiary/aromatic N) is 2. The molecule has 0 radical (unpaired) electrons. The van der Waals surface area contributed by atoms with E-state index in [-0.39, 0.29) is 11.8 Å². The summed E-state index contributed by atoms with van der Waals surface area (Å²) in [4.78, 5) is 30.1. The van der Waals surface area contributed by atoms with Crippen molar-refractivity contribution in [1.82, 2.24) is 4.90 Å². The number of benzene rings is 4. The standard InChI is InChI=1S/C31H31N3O3/c1-3-22-8-10-23(11-9-22)31(36)34-18-16-33(17-19-34)27-14-12-26(13-15-27)32-30(35)28-20-24-6-4-5-7-25(24)21-29(28)37-2/h4-15,20-21H,3,16-19H2,1-2H3,(H,32,35). The first-order chi connectivity index (χ1) is 18.1. The molecule has 0 unspecified atom stereocenters. The van der Waals surface area contributed by atoms with Crippen LogP contribution in [0.1, 0.15) is 33.2 Å². The van der Waals surface area contributed by atoms with E-state index in [1.54, 1.807) is 7.11 Å². The molecule has 0 atom stereocenters. The van der Waals surface area contributed by atoms with Crippen molar-refractivity contribution in [2.75, 3.05) is 43.5 Å². The Hall–Kier alpha value is -4.32. The molecule has 4 aromatic rings. The Morgan fingerprint density at radius 2 is 1.49 bits per heavy atom. The molecule has 4 aromatic carbocycles. The molecular formula is C31H31N3O3. The van der Waals surface area contributed by atoms with Crippen LogP contribution in [0.3, 0.4) is 0 Å². The Balaban J connectivity index is 1.20. The maximum atomic E-state index is 13.0. The van der Waals surface area contributed by atoms with Crippen molar-refractivity contribution in [3.63, 3.8) is 0 Å². The second kappa shape index (κ2) is 10.7. The highest BCUT2D eigenvalue weighted by atomic mass is 16.5. The first-order valence-electron chi connectivity index (χ1n) is 12.7. The minimum atomic E-state index is -0.213. The van der Waals surface area contributed by atoms with Gasteiger partial charge in [0.05, 0.1) is 12.7 Å². The van der Waals surface area contributed by atoms with Gasteiger partial charge in [-0.05, 0) is 71.3 Å². The van der Waals surface area contributed by atoms with Crippen LogP contribution in [-0.2, 0) is 6.42 Å². The minimum absolute atomic E-state index is 0.0875. The van der Waals surface area contributed by atoms with Crippen LogP contribution in [0.25, 0.3) is 10.8 Å². The molecule has 0 aliphatic carbocycles. The lowest BCUT2D eigenvalue weighted by Gasteiger charge is -2.36. The molecular weight excluding hydrogens is 462 g/mol. The van der Waals surface area contributed by atoms with Crippen LogP contribution in [0.5, 0.6) is 5.75 Å². The third-order valence-corrected chi connectivity index (χ3v) is 6.98. The topological polar surface area (TPSA) is 61.9 Å². The average molecular weight is 494 g/mol. The first kappa shape index (κ1) is 24.4. The van der Waals surface area contributed by atoms with Crippen molar-refractivity contribution in [2.45, 2.75) is 13.3 Å². The number of nitrogens with one attached hydrogen (secondary N) is 1. The average Bonchev–Trinajstić information content (AvgIpc) is 2.96. The van der Waals surface area contributed by atoms with E-state index in [9.17, 15) is 9.59 Å². The molecule has 1 aliphatic heterocycles. The molecule has 0 spiro atoms. The van der Waals surface area contributed by atoms with Gasteiger partial charge in [-0.25, -0.2) is 0 Å². The van der Waals surface area contributed by atoms with E-state index in [1.165, 1.54) is 5.56 Å². The summed E-state index contributed by atoms with van der Waals surface area (Å²) in [5.74, 6) is 0.417. The molecule has 1 heterocycles. The third-order valence-electron chi connectivity index (χ3n) is 6.98. The smallest absolute Gasteiger partial charge is 0.259 e. The molecule has 6 nitrogen and oxygen atoms in total. The maximum absolute atomic E-state index is 13.0. The Kier molecular flexibility index (Phi) is 7.08. The summed E-state index contributed by atoms with van der Waals surface area (Å²) in [5, 5.41) is 5.00. The highest BCUT2D eigenvalue weighted by Crippen LogP contribution is 2.27. The molecule has 0 saturated carbocycles. The zero-order chi connectivity index (χ0) is 25.8. The van der Waals surface area contributed by atoms with E-state index in [0.29, 0.717) is 30.1 Å². The zero-order valence-electron chi connectivity index (χ0n) is 21.2. The van der Waals surface area contributed by atoms with Gasteiger partial charge >= 0.3 is 0 Å². The molecule has 6 heteroatoms. The zero-order valence-corrected chi connectivity index (χ0v) is 21.2. The number of hydrogen-bond donors (Lipinski definition) is 1. The second-order valence-corrected chi connectivity index (χ2v) is 9.23. The van der Waals surface area contributed by atoms with Crippen LogP contribution in [0, 0.1) is 0 Å². The lowest BCUT2D eigenvalue weighted by atomic mass is 10.1. The Labute approximate surface area is 217 Å². The van der Waals surface area contributed by atoms with Gasteiger partial charge in [0.25, 0.3) is 11.8 Å². The molecule has 1 aliphatic rings. The highest BCUT2D eigenvalue weighted by molar-refractivity contribution is 6.08. The van der Waals surface area contributed by atoms with Crippen LogP contribution in [0.2, 0.25) is 0 Å². The van der Waals surface area contributed by atoms with Gasteiger partial charge in [0.15, 0.2) is 0 Å². The molecule has 37 heavy (non-hydrogen) atoms. The lowest BCUT2D eigenvalue weighted by molar-refractivity contribution is 0.0746. The van der Waals surface area contributed by atoms with Gasteiger partial charge in [-0.15, -0.1) is 0 Å². The number of ether oxygens (including phenoxy) is 1. The van der Waals surface area contributed by atoms with Crippen molar-refractivity contribution >= 4 is 34.0 Å². The Morgan fingerprint density at radius 1 is 0.838 bits per heavy atom. The number of carbonyl (C=O) groups excluding carboxylic acids is 2. The van der Waals surface area contributed by atoms with E-state index in [1.807, 2.05) is 89.8 Å². The fourth-order valence-electron chi connectivity index (χ4n) is 4.75. The van der Waals surface area contributed by atoms with E-state index in [4.69, 9.17) is 4.74 Å². The number of piperazine rings is 1. The minimum Gasteiger partial charge on any atom is -0.496 e. The van der Waals surface area contributed by atoms with Crippen LogP contribution in [0.4, 0.5) is 11.4 Å². The summed E-state index contributed by atoms with van der Waals surface area (Å²) < 4.78 is 5.48. The highest BCUT2D eigenvalue weighted by Gasteiger charge is 2.22. The fraction of sp³-hybridized carbons (Fsp3) is 0.226. The maximum Gasteiger partial charge on any atom is 0.259 e. The van der Waals surface area contributed by atoms with Crippen molar-refractivity contribution in [2.24, 2.45) is 0 Å². The van der Waals surface area contributed by atoms with Crippen LogP contribution in [-0.4, -0.2) is 50.0 Å². The fourth-order valence-corrected chi connectivity index (χ4v) is 4.75. The van der Waals surface area contributed by atoms with Crippen molar-refractivity contribution in [3.8, 4) is 5.75 Å². The van der Waals surface area contributed by atoms with Crippen molar-refractivity contribution in [1.29, 1.82) is 0 Å². The first-order valence-corrected chi connectivity index (χ1v) is 12.7. The van der Waals surface area contributed by atoms with Crippen LogP contribution >= 0.6 is 0 Å². The van der Waals surface area contributed by atoms with Crippen LogP contribution < -0.4 is 15.0 Å². The molecule has 1 N–H and O–H groups in total. The van der Waals surface area contributed by atoms with Gasteiger partial charge in [0, 0.05) is 43.1 Å². The summed E-state index contributed by atoms with van der Waals surface area (Å²) in [6.45, 7) is 4.99. The molecule has 5 rings (SSSR count). The lowest BCUT2D eigenvalue weighted by Crippen LogP contribution is -2.48. The number of carbonyl (C=O) groups is 2. The molecule has 0 aromatic heterocycles. The van der Waals surface area contributed by atoms with Gasteiger partial charge < -0.3 is 19.9 Å². The summed E-state index contributed by atoms with van der Waals surface area (Å²) in [6, 6.07) is 27.4. The molecule has 1 saturated heterocycles. The van der Waals surface area contributed by atoms with Crippen LogP contribution in [0.15, 0.2) is 84.9 Å². The van der Waals surface area contributed by atoms with E-state index >= 15 is 0 Å². The number of anilines is 2. The number of aryl methyl sites for hydroxylation is 1. The summed E-state index contributed by atoms with van der Waals surface area (Å²) >= 11 is 0. The van der Waals surface area contributed by atoms with Gasteiger partial charge in [-0.2, -0.15) is 0 Å². The summed E-state index contributed by atoms with van der Waals surface area (Å²) in [6.07, 6.45) is 0.966. The van der Waals surface area contributed by atoms with Gasteiger partial charge in [0.2, 0.25) is 0 Å². The number of amides is 2. The van der Waals surface area contributed by atoms with E-state index in [2.05, 4.69) is 17.1 Å².